The molecule has 0 unspecified atom stereocenters. The maximum Gasteiger partial charge on any atom is 0.308 e. The van der Waals surface area contributed by atoms with E-state index in [4.69, 9.17) is 0 Å². The monoisotopic (exact) mass is 454 g/mol. The third-order valence-corrected chi connectivity index (χ3v) is 8.33. The molecule has 5 aromatic carbocycles. The smallest absolute Gasteiger partial charge is 0.308 e. The van der Waals surface area contributed by atoms with Crippen LogP contribution in [0, 0.1) is 5.92 Å². The van der Waals surface area contributed by atoms with Crippen LogP contribution in [0.3, 0.4) is 0 Å². The Hall–Kier alpha value is -4.24. The summed E-state index contributed by atoms with van der Waals surface area (Å²) < 4.78 is 0. The zero-order chi connectivity index (χ0) is 23.8. The van der Waals surface area contributed by atoms with Gasteiger partial charge < -0.3 is 5.11 Å². The molecule has 2 aliphatic rings. The van der Waals surface area contributed by atoms with Crippen LogP contribution >= 0.6 is 0 Å². The van der Waals surface area contributed by atoms with Crippen LogP contribution in [0.1, 0.15) is 28.7 Å². The molecule has 0 aliphatic heterocycles. The first-order chi connectivity index (χ1) is 17.1. The van der Waals surface area contributed by atoms with Gasteiger partial charge in [-0.15, -0.1) is 0 Å². The highest BCUT2D eigenvalue weighted by molar-refractivity contribution is 6.24. The van der Waals surface area contributed by atoms with Crippen molar-refractivity contribution >= 4 is 33.3 Å². The van der Waals surface area contributed by atoms with Crippen LogP contribution in [0.5, 0.6) is 0 Å². The van der Waals surface area contributed by atoms with Gasteiger partial charge in [-0.05, 0) is 50.2 Å². The van der Waals surface area contributed by atoms with Gasteiger partial charge in [-0.3, -0.25) is 9.59 Å². The molecule has 3 atom stereocenters. The molecule has 0 aromatic heterocycles. The lowest BCUT2D eigenvalue weighted by Crippen LogP contribution is -2.41. The Morgan fingerprint density at radius 3 is 1.63 bits per heavy atom. The minimum atomic E-state index is -1.26. The summed E-state index contributed by atoms with van der Waals surface area (Å²) in [5.74, 6) is -1.82. The second-order valence-electron chi connectivity index (χ2n) is 9.71. The Labute approximate surface area is 202 Å². The number of carbonyl (C=O) groups excluding carboxylic acids is 1. The van der Waals surface area contributed by atoms with Crippen LogP contribution in [0.15, 0.2) is 109 Å². The van der Waals surface area contributed by atoms with E-state index in [2.05, 4.69) is 24.3 Å². The molecule has 168 valence electrons. The normalized spacial score (nSPS) is 24.7. The fourth-order valence-corrected chi connectivity index (χ4v) is 7.11. The number of hydrogen-bond donors (Lipinski definition) is 1. The van der Waals surface area contributed by atoms with E-state index in [9.17, 15) is 9.90 Å². The lowest BCUT2D eigenvalue weighted by molar-refractivity contribution is -0.144. The number of aliphatic carboxylic acids is 1. The first-order valence-corrected chi connectivity index (χ1v) is 11.9. The van der Waals surface area contributed by atoms with Gasteiger partial charge in [-0.2, -0.15) is 0 Å². The number of carboxylic acid groups (broad SMARTS) is 1. The first kappa shape index (κ1) is 20.2. The zero-order valence-electron chi connectivity index (χ0n) is 18.9. The topological polar surface area (TPSA) is 54.4 Å². The summed E-state index contributed by atoms with van der Waals surface area (Å²) in [6.07, 6.45) is 0.245. The standard InChI is InChI=1S/C32H22O3/c33-29(34)26-19-31(20-11-3-1-4-12-20)27-24-17-9-7-15-22(24)23-16-8-10-18-25(23)28(27)32(26,30(31)35)21-13-5-2-6-14-21/h1-18,26H,19H2,(H,33,34)/t26-,31-,32-/m1/s1. The van der Waals surface area contributed by atoms with Crippen LogP contribution in [-0.2, 0) is 20.4 Å². The highest BCUT2D eigenvalue weighted by Gasteiger charge is 2.73. The van der Waals surface area contributed by atoms with E-state index in [-0.39, 0.29) is 12.2 Å². The van der Waals surface area contributed by atoms with Gasteiger partial charge in [0.1, 0.15) is 0 Å². The molecular formula is C32H22O3. The van der Waals surface area contributed by atoms with Crippen LogP contribution in [-0.4, -0.2) is 16.9 Å². The molecule has 1 saturated carbocycles. The second kappa shape index (κ2) is 6.89. The maximum absolute atomic E-state index is 15.0. The Bertz CT molecular complexity index is 1670. The molecule has 5 aromatic rings. The van der Waals surface area contributed by atoms with Gasteiger partial charge >= 0.3 is 5.97 Å². The van der Waals surface area contributed by atoms with Gasteiger partial charge in [0.2, 0.25) is 0 Å². The Morgan fingerprint density at radius 1 is 0.629 bits per heavy atom. The van der Waals surface area contributed by atoms with E-state index in [0.717, 1.165) is 43.8 Å². The molecule has 0 saturated heterocycles. The average molecular weight is 455 g/mol. The zero-order valence-corrected chi connectivity index (χ0v) is 18.9. The van der Waals surface area contributed by atoms with Crippen molar-refractivity contribution in [2.24, 2.45) is 5.92 Å². The van der Waals surface area contributed by atoms with Crippen molar-refractivity contribution in [1.29, 1.82) is 0 Å². The lowest BCUT2D eigenvalue weighted by atomic mass is 9.63. The number of carboxylic acids is 1. The summed E-state index contributed by atoms with van der Waals surface area (Å²) in [4.78, 5) is 28.0. The predicted octanol–water partition coefficient (Wildman–Crippen LogP) is 6.25. The van der Waals surface area contributed by atoms with Gasteiger partial charge in [0.05, 0.1) is 16.7 Å². The largest absolute Gasteiger partial charge is 0.481 e. The molecule has 2 bridgehead atoms. The van der Waals surface area contributed by atoms with E-state index in [1.807, 2.05) is 84.9 Å². The number of fused-ring (bicyclic) bond motifs is 10. The first-order valence-electron chi connectivity index (χ1n) is 11.9. The van der Waals surface area contributed by atoms with Gasteiger partial charge in [-0.25, -0.2) is 0 Å². The van der Waals surface area contributed by atoms with E-state index in [1.54, 1.807) is 0 Å². The van der Waals surface area contributed by atoms with E-state index >= 15 is 4.79 Å². The molecule has 3 heteroatoms. The minimum Gasteiger partial charge on any atom is -0.481 e. The molecule has 0 radical (unpaired) electrons. The van der Waals surface area contributed by atoms with Crippen LogP contribution < -0.4 is 0 Å². The molecule has 0 spiro atoms. The Kier molecular flexibility index (Phi) is 3.97. The fourth-order valence-electron chi connectivity index (χ4n) is 7.11. The summed E-state index contributed by atoms with van der Waals surface area (Å²) in [5.41, 5.74) is 1.18. The molecule has 1 N–H and O–H groups in total. The summed E-state index contributed by atoms with van der Waals surface area (Å²) in [5, 5.41) is 14.7. The number of carbonyl (C=O) groups is 2. The summed E-state index contributed by atoms with van der Waals surface area (Å²) in [6, 6.07) is 35.7. The molecule has 2 aliphatic carbocycles. The number of benzene rings is 5. The highest BCUT2D eigenvalue weighted by atomic mass is 16.4. The number of ketones is 1. The van der Waals surface area contributed by atoms with Crippen molar-refractivity contribution in [3.8, 4) is 0 Å². The third kappa shape index (κ3) is 2.26. The molecule has 3 nitrogen and oxygen atoms in total. The molecule has 35 heavy (non-hydrogen) atoms. The molecule has 7 rings (SSSR count). The van der Waals surface area contributed by atoms with Gasteiger partial charge in [0.25, 0.3) is 0 Å². The van der Waals surface area contributed by atoms with Crippen molar-refractivity contribution < 1.29 is 14.7 Å². The minimum absolute atomic E-state index is 0.0219. The highest BCUT2D eigenvalue weighted by Crippen LogP contribution is 2.68. The predicted molar refractivity (Wildman–Crippen MR) is 137 cm³/mol. The van der Waals surface area contributed by atoms with E-state index < -0.39 is 22.7 Å². The van der Waals surface area contributed by atoms with Crippen molar-refractivity contribution in [2.45, 2.75) is 17.3 Å². The maximum atomic E-state index is 15.0. The van der Waals surface area contributed by atoms with Crippen molar-refractivity contribution in [1.82, 2.24) is 0 Å². The van der Waals surface area contributed by atoms with Crippen molar-refractivity contribution in [2.75, 3.05) is 0 Å². The Balaban J connectivity index is 1.78. The van der Waals surface area contributed by atoms with Crippen LogP contribution in [0.2, 0.25) is 0 Å². The SMILES string of the molecule is O=C(O)[C@H]1C[C@]2(c3ccccc3)C(=O)[C@@]1(c1ccccc1)c1c2c2ccccc2c2ccccc12. The molecular weight excluding hydrogens is 432 g/mol. The van der Waals surface area contributed by atoms with Crippen molar-refractivity contribution in [3.63, 3.8) is 0 Å². The Morgan fingerprint density at radius 2 is 1.09 bits per heavy atom. The molecule has 0 heterocycles. The second-order valence-corrected chi connectivity index (χ2v) is 9.71. The fraction of sp³-hybridized carbons (Fsp3) is 0.125. The summed E-state index contributed by atoms with van der Waals surface area (Å²) in [7, 11) is 0. The quantitative estimate of drug-likeness (QED) is 0.328. The van der Waals surface area contributed by atoms with Gasteiger partial charge in [-0.1, -0.05) is 109 Å². The van der Waals surface area contributed by atoms with E-state index in [1.165, 1.54) is 0 Å². The van der Waals surface area contributed by atoms with Gasteiger partial charge in [0, 0.05) is 0 Å². The molecule has 1 fully saturated rings. The lowest BCUT2D eigenvalue weighted by Gasteiger charge is -2.36. The van der Waals surface area contributed by atoms with Crippen molar-refractivity contribution in [3.05, 3.63) is 131 Å². The number of rotatable bonds is 3. The number of hydrogen-bond acceptors (Lipinski definition) is 2. The number of Topliss-reactive ketones (excluding diaryl/α,β-unsaturated/α-hetero) is 1. The molecule has 0 amide bonds. The average Bonchev–Trinajstić information content (AvgIpc) is 3.32. The summed E-state index contributed by atoms with van der Waals surface area (Å²) >= 11 is 0. The third-order valence-electron chi connectivity index (χ3n) is 8.33. The van der Waals surface area contributed by atoms with Crippen LogP contribution in [0.4, 0.5) is 0 Å². The van der Waals surface area contributed by atoms with E-state index in [0.29, 0.717) is 0 Å². The van der Waals surface area contributed by atoms with Crippen LogP contribution in [0.25, 0.3) is 21.5 Å². The van der Waals surface area contributed by atoms with Gasteiger partial charge in [0.15, 0.2) is 5.78 Å². The summed E-state index contributed by atoms with van der Waals surface area (Å²) in [6.45, 7) is 0.